The molecule has 0 saturated carbocycles. The topological polar surface area (TPSA) is 110 Å². The monoisotopic (exact) mass is 268 g/mol. The van der Waals surface area contributed by atoms with E-state index in [1.165, 1.54) is 11.7 Å². The Bertz CT molecular complexity index is 758. The molecule has 0 unspecified atom stereocenters. The van der Waals surface area contributed by atoms with E-state index in [1.54, 1.807) is 4.98 Å². The van der Waals surface area contributed by atoms with E-state index < -0.39 is 23.0 Å². The van der Waals surface area contributed by atoms with Gasteiger partial charge in [0.2, 0.25) is 5.82 Å². The molecule has 0 spiro atoms. The Labute approximate surface area is 104 Å². The zero-order valence-electron chi connectivity index (χ0n) is 9.75. The Balaban J connectivity index is 2.50. The third kappa shape index (κ3) is 2.30. The first-order valence-corrected chi connectivity index (χ1v) is 5.13. The van der Waals surface area contributed by atoms with Crippen molar-refractivity contribution in [3.63, 3.8) is 0 Å². The number of hydrogen-bond donors (Lipinski definition) is 2. The van der Waals surface area contributed by atoms with Crippen LogP contribution < -0.4 is 11.2 Å². The van der Waals surface area contributed by atoms with Gasteiger partial charge in [0.05, 0.1) is 24.6 Å². The largest absolute Gasteiger partial charge is 0.478 e. The molecule has 0 aliphatic carbocycles. The lowest BCUT2D eigenvalue weighted by atomic mass is 10.2. The minimum absolute atomic E-state index is 0.0963. The van der Waals surface area contributed by atoms with Crippen LogP contribution in [-0.4, -0.2) is 30.4 Å². The molecule has 9 heteroatoms. The molecule has 0 saturated heterocycles. The summed E-state index contributed by atoms with van der Waals surface area (Å²) in [4.78, 5) is 35.1. The second-order valence-corrected chi connectivity index (χ2v) is 3.80. The zero-order chi connectivity index (χ0) is 14.2. The Morgan fingerprint density at radius 1 is 1.53 bits per heavy atom. The van der Waals surface area contributed by atoms with Crippen molar-refractivity contribution in [1.29, 1.82) is 0 Å². The zero-order valence-corrected chi connectivity index (χ0v) is 9.75. The fraction of sp³-hybridized carbons (Fsp3) is 0.200. The van der Waals surface area contributed by atoms with E-state index >= 15 is 0 Å². The predicted octanol–water partition coefficient (Wildman–Crippen LogP) is -0.844. The van der Waals surface area contributed by atoms with Crippen molar-refractivity contribution in [2.75, 3.05) is 0 Å². The maximum atomic E-state index is 13.1. The maximum Gasteiger partial charge on any atom is 0.339 e. The smallest absolute Gasteiger partial charge is 0.339 e. The summed E-state index contributed by atoms with van der Waals surface area (Å²) >= 11 is 0. The highest BCUT2D eigenvalue weighted by Gasteiger charge is 2.16. The van der Waals surface area contributed by atoms with E-state index in [9.17, 15) is 18.8 Å². The third-order valence-corrected chi connectivity index (χ3v) is 2.58. The first-order valence-electron chi connectivity index (χ1n) is 5.13. The Morgan fingerprint density at radius 2 is 2.21 bits per heavy atom. The van der Waals surface area contributed by atoms with Gasteiger partial charge in [0.15, 0.2) is 0 Å². The molecule has 100 valence electrons. The number of carboxylic acids is 1. The lowest BCUT2D eigenvalue weighted by Gasteiger charge is -2.06. The van der Waals surface area contributed by atoms with Gasteiger partial charge in [0, 0.05) is 7.05 Å². The highest BCUT2D eigenvalue weighted by Crippen LogP contribution is 2.08. The van der Waals surface area contributed by atoms with E-state index in [0.717, 1.165) is 17.0 Å². The molecular formula is C10H9FN4O4. The molecule has 8 nitrogen and oxygen atoms in total. The van der Waals surface area contributed by atoms with E-state index in [-0.39, 0.29) is 17.8 Å². The summed E-state index contributed by atoms with van der Waals surface area (Å²) in [6, 6.07) is 0. The van der Waals surface area contributed by atoms with E-state index in [0.29, 0.717) is 0 Å². The highest BCUT2D eigenvalue weighted by atomic mass is 19.1. The lowest BCUT2D eigenvalue weighted by Crippen LogP contribution is -2.32. The number of H-pyrrole nitrogens is 1. The molecule has 0 aromatic carbocycles. The normalized spacial score (nSPS) is 10.6. The second kappa shape index (κ2) is 4.52. The van der Waals surface area contributed by atoms with Gasteiger partial charge in [-0.3, -0.25) is 19.0 Å². The number of aromatic carboxylic acids is 1. The van der Waals surface area contributed by atoms with E-state index in [2.05, 4.69) is 5.10 Å². The predicted molar refractivity (Wildman–Crippen MR) is 60.5 cm³/mol. The average Bonchev–Trinajstić information content (AvgIpc) is 2.68. The number of nitrogens with zero attached hydrogens (tertiary/aromatic N) is 3. The number of halogens is 1. The van der Waals surface area contributed by atoms with Gasteiger partial charge in [-0.1, -0.05) is 0 Å². The number of aromatic nitrogens is 4. The first kappa shape index (κ1) is 12.7. The molecule has 0 fully saturated rings. The molecule has 0 bridgehead atoms. The summed E-state index contributed by atoms with van der Waals surface area (Å²) in [6.07, 6.45) is 1.85. The maximum absolute atomic E-state index is 13.1. The van der Waals surface area contributed by atoms with Crippen LogP contribution in [0.4, 0.5) is 4.39 Å². The van der Waals surface area contributed by atoms with Crippen molar-refractivity contribution in [1.82, 2.24) is 19.3 Å². The van der Waals surface area contributed by atoms with Crippen molar-refractivity contribution in [3.05, 3.63) is 50.3 Å². The van der Waals surface area contributed by atoms with Crippen LogP contribution in [0.1, 0.15) is 16.1 Å². The summed E-state index contributed by atoms with van der Waals surface area (Å²) in [7, 11) is 1.49. The number of hydrogen-bond acceptors (Lipinski definition) is 4. The van der Waals surface area contributed by atoms with Gasteiger partial charge in [0.25, 0.3) is 5.56 Å². The minimum atomic E-state index is -1.21. The van der Waals surface area contributed by atoms with E-state index in [4.69, 9.17) is 5.11 Å². The molecule has 0 amide bonds. The summed E-state index contributed by atoms with van der Waals surface area (Å²) in [5, 5.41) is 12.7. The number of nitrogens with one attached hydrogen (secondary N) is 1. The number of carbonyl (C=O) groups is 1. The van der Waals surface area contributed by atoms with Crippen LogP contribution >= 0.6 is 0 Å². The highest BCUT2D eigenvalue weighted by molar-refractivity contribution is 5.88. The van der Waals surface area contributed by atoms with E-state index in [1.807, 2.05) is 0 Å². The quantitative estimate of drug-likeness (QED) is 0.753. The molecule has 0 radical (unpaired) electrons. The molecule has 0 atom stereocenters. The van der Waals surface area contributed by atoms with Gasteiger partial charge < -0.3 is 5.11 Å². The van der Waals surface area contributed by atoms with Gasteiger partial charge >= 0.3 is 11.7 Å². The van der Waals surface area contributed by atoms with Crippen molar-refractivity contribution < 1.29 is 14.3 Å². The van der Waals surface area contributed by atoms with Gasteiger partial charge in [-0.15, -0.1) is 0 Å². The number of aromatic amines is 1. The van der Waals surface area contributed by atoms with Crippen LogP contribution in [0.2, 0.25) is 0 Å². The molecule has 2 heterocycles. The molecule has 0 aliphatic heterocycles. The van der Waals surface area contributed by atoms with Crippen molar-refractivity contribution in [3.8, 4) is 0 Å². The number of rotatable bonds is 3. The molecule has 2 N–H and O–H groups in total. The van der Waals surface area contributed by atoms with Gasteiger partial charge in [-0.05, 0) is 0 Å². The first-order chi connectivity index (χ1) is 8.90. The van der Waals surface area contributed by atoms with Crippen LogP contribution in [0, 0.1) is 5.82 Å². The molecule has 2 aromatic heterocycles. The Kier molecular flexibility index (Phi) is 3.03. The van der Waals surface area contributed by atoms with Crippen LogP contribution in [0.25, 0.3) is 0 Å². The van der Waals surface area contributed by atoms with Crippen LogP contribution in [0.3, 0.4) is 0 Å². The SMILES string of the molecule is Cn1ncc(C(=O)O)c1Cn1cc(F)c(=O)[nH]c1=O. The van der Waals surface area contributed by atoms with Crippen molar-refractivity contribution in [2.24, 2.45) is 7.05 Å². The van der Waals surface area contributed by atoms with Crippen molar-refractivity contribution >= 4 is 5.97 Å². The molecule has 2 rings (SSSR count). The summed E-state index contributed by atoms with van der Waals surface area (Å²) in [5.74, 6) is -2.33. The number of carboxylic acid groups (broad SMARTS) is 1. The Hall–Kier alpha value is -2.71. The van der Waals surface area contributed by atoms with Crippen molar-refractivity contribution in [2.45, 2.75) is 6.54 Å². The summed E-state index contributed by atoms with van der Waals surface area (Å²) in [6.45, 7) is -0.218. The summed E-state index contributed by atoms with van der Waals surface area (Å²) in [5.41, 5.74) is -1.84. The fourth-order valence-corrected chi connectivity index (χ4v) is 1.59. The molecule has 2 aromatic rings. The molecule has 19 heavy (non-hydrogen) atoms. The van der Waals surface area contributed by atoms with Gasteiger partial charge in [0.1, 0.15) is 5.56 Å². The summed E-state index contributed by atoms with van der Waals surface area (Å²) < 4.78 is 15.2. The minimum Gasteiger partial charge on any atom is -0.478 e. The molecular weight excluding hydrogens is 259 g/mol. The second-order valence-electron chi connectivity index (χ2n) is 3.80. The fourth-order valence-electron chi connectivity index (χ4n) is 1.59. The third-order valence-electron chi connectivity index (χ3n) is 2.58. The lowest BCUT2D eigenvalue weighted by molar-refractivity contribution is 0.0695. The van der Waals surface area contributed by atoms with Gasteiger partial charge in [-0.2, -0.15) is 9.49 Å². The standard InChI is InChI=1S/C10H9FN4O4/c1-14-7(5(2-12-14)9(17)18)4-15-3-6(11)8(16)13-10(15)19/h2-3H,4H2,1H3,(H,17,18)(H,13,16,19). The number of aryl methyl sites for hydroxylation is 1. The average molecular weight is 268 g/mol. The van der Waals surface area contributed by atoms with Crippen LogP contribution in [0.5, 0.6) is 0 Å². The van der Waals surface area contributed by atoms with Gasteiger partial charge in [-0.25, -0.2) is 9.59 Å². The van der Waals surface area contributed by atoms with Crippen LogP contribution in [0.15, 0.2) is 22.0 Å². The molecule has 0 aliphatic rings. The Morgan fingerprint density at radius 3 is 2.84 bits per heavy atom. The van der Waals surface area contributed by atoms with Crippen LogP contribution in [-0.2, 0) is 13.6 Å².